The fraction of sp³-hybridized carbons (Fsp3) is 0.917. The molecule has 4 nitrogen and oxygen atoms in total. The highest BCUT2D eigenvalue weighted by atomic mass is 16.3. The van der Waals surface area contributed by atoms with E-state index in [1.54, 1.807) is 0 Å². The van der Waals surface area contributed by atoms with Crippen molar-refractivity contribution in [2.24, 2.45) is 5.92 Å². The van der Waals surface area contributed by atoms with Crippen molar-refractivity contribution in [1.29, 1.82) is 0 Å². The van der Waals surface area contributed by atoms with Crippen LogP contribution >= 0.6 is 0 Å². The van der Waals surface area contributed by atoms with Gasteiger partial charge in [0, 0.05) is 25.7 Å². The number of hydrogen-bond donors (Lipinski definition) is 2. The highest BCUT2D eigenvalue weighted by Crippen LogP contribution is 2.19. The maximum atomic E-state index is 12.2. The van der Waals surface area contributed by atoms with Crippen LogP contribution in [-0.4, -0.2) is 47.7 Å². The van der Waals surface area contributed by atoms with E-state index in [9.17, 15) is 9.90 Å². The zero-order valence-corrected chi connectivity index (χ0v) is 9.98. The first kappa shape index (κ1) is 11.9. The first-order valence-electron chi connectivity index (χ1n) is 6.37. The molecule has 2 aliphatic heterocycles. The van der Waals surface area contributed by atoms with Gasteiger partial charge in [0.1, 0.15) is 0 Å². The Hall–Kier alpha value is -0.610. The molecule has 2 rings (SSSR count). The van der Waals surface area contributed by atoms with Gasteiger partial charge in [-0.2, -0.15) is 0 Å². The van der Waals surface area contributed by atoms with Crippen molar-refractivity contribution in [1.82, 2.24) is 10.2 Å². The van der Waals surface area contributed by atoms with Crippen LogP contribution in [0, 0.1) is 5.92 Å². The molecule has 0 radical (unpaired) electrons. The molecule has 1 amide bonds. The minimum atomic E-state index is -0.200. The second kappa shape index (κ2) is 5.15. The number of likely N-dealkylation sites (tertiary alicyclic amines) is 1. The third-order valence-corrected chi connectivity index (χ3v) is 3.79. The average molecular weight is 226 g/mol. The Morgan fingerprint density at radius 3 is 2.50 bits per heavy atom. The SMILES string of the molecule is CC1CCC(C(=O)N2CCC(O)CC2)CN1. The zero-order chi connectivity index (χ0) is 11.5. The van der Waals surface area contributed by atoms with E-state index in [0.29, 0.717) is 6.04 Å². The van der Waals surface area contributed by atoms with E-state index in [1.165, 1.54) is 0 Å². The summed E-state index contributed by atoms with van der Waals surface area (Å²) in [6.07, 6.45) is 3.37. The summed E-state index contributed by atoms with van der Waals surface area (Å²) < 4.78 is 0. The summed E-state index contributed by atoms with van der Waals surface area (Å²) in [4.78, 5) is 14.1. The maximum Gasteiger partial charge on any atom is 0.226 e. The summed E-state index contributed by atoms with van der Waals surface area (Å²) in [5.74, 6) is 0.442. The molecule has 2 heterocycles. The number of amides is 1. The maximum absolute atomic E-state index is 12.2. The minimum absolute atomic E-state index is 0.159. The lowest BCUT2D eigenvalue weighted by atomic mass is 9.93. The van der Waals surface area contributed by atoms with Crippen molar-refractivity contribution in [3.63, 3.8) is 0 Å². The van der Waals surface area contributed by atoms with Gasteiger partial charge in [0.25, 0.3) is 0 Å². The molecule has 0 aromatic carbocycles. The fourth-order valence-corrected chi connectivity index (χ4v) is 2.55. The number of carbonyl (C=O) groups is 1. The molecular weight excluding hydrogens is 204 g/mol. The molecule has 0 aromatic heterocycles. The van der Waals surface area contributed by atoms with Crippen LogP contribution in [0.1, 0.15) is 32.6 Å². The standard InChI is InChI=1S/C12H22N2O2/c1-9-2-3-10(8-13-9)12(16)14-6-4-11(15)5-7-14/h9-11,13,15H,2-8H2,1H3. The van der Waals surface area contributed by atoms with E-state index in [4.69, 9.17) is 0 Å². The normalized spacial score (nSPS) is 32.8. The quantitative estimate of drug-likeness (QED) is 0.678. The highest BCUT2D eigenvalue weighted by molar-refractivity contribution is 5.79. The summed E-state index contributed by atoms with van der Waals surface area (Å²) in [6.45, 7) is 4.44. The molecule has 4 heteroatoms. The van der Waals surface area contributed by atoms with Crippen molar-refractivity contribution in [3.8, 4) is 0 Å². The summed E-state index contributed by atoms with van der Waals surface area (Å²) in [5.41, 5.74) is 0. The molecule has 0 saturated carbocycles. The topological polar surface area (TPSA) is 52.6 Å². The van der Waals surface area contributed by atoms with Gasteiger partial charge in [-0.05, 0) is 32.6 Å². The first-order valence-corrected chi connectivity index (χ1v) is 6.37. The van der Waals surface area contributed by atoms with Gasteiger partial charge in [-0.1, -0.05) is 0 Å². The van der Waals surface area contributed by atoms with Crippen LogP contribution in [0.25, 0.3) is 0 Å². The molecular formula is C12H22N2O2. The van der Waals surface area contributed by atoms with Crippen LogP contribution in [0.5, 0.6) is 0 Å². The lowest BCUT2D eigenvalue weighted by Crippen LogP contribution is -2.48. The molecule has 2 N–H and O–H groups in total. The minimum Gasteiger partial charge on any atom is -0.393 e. The van der Waals surface area contributed by atoms with Crippen LogP contribution in [0.2, 0.25) is 0 Å². The van der Waals surface area contributed by atoms with Crippen molar-refractivity contribution in [2.75, 3.05) is 19.6 Å². The number of piperidine rings is 2. The molecule has 2 unspecified atom stereocenters. The molecule has 0 bridgehead atoms. The number of aliphatic hydroxyl groups excluding tert-OH is 1. The third kappa shape index (κ3) is 2.74. The van der Waals surface area contributed by atoms with Crippen molar-refractivity contribution >= 4 is 5.91 Å². The van der Waals surface area contributed by atoms with Crippen LogP contribution in [0.3, 0.4) is 0 Å². The average Bonchev–Trinajstić information content (AvgIpc) is 2.30. The largest absolute Gasteiger partial charge is 0.393 e. The van der Waals surface area contributed by atoms with Crippen LogP contribution in [0.15, 0.2) is 0 Å². The summed E-state index contributed by atoms with van der Waals surface area (Å²) in [5, 5.41) is 12.8. The Kier molecular flexibility index (Phi) is 3.82. The van der Waals surface area contributed by atoms with E-state index >= 15 is 0 Å². The van der Waals surface area contributed by atoms with Gasteiger partial charge in [-0.15, -0.1) is 0 Å². The van der Waals surface area contributed by atoms with E-state index in [-0.39, 0.29) is 17.9 Å². The van der Waals surface area contributed by atoms with Gasteiger partial charge < -0.3 is 15.3 Å². The van der Waals surface area contributed by atoms with Gasteiger partial charge in [0.15, 0.2) is 0 Å². The zero-order valence-electron chi connectivity index (χ0n) is 9.98. The fourth-order valence-electron chi connectivity index (χ4n) is 2.55. The van der Waals surface area contributed by atoms with Crippen molar-refractivity contribution < 1.29 is 9.90 Å². The molecule has 2 aliphatic rings. The van der Waals surface area contributed by atoms with E-state index in [0.717, 1.165) is 45.3 Å². The monoisotopic (exact) mass is 226 g/mol. The molecule has 16 heavy (non-hydrogen) atoms. The number of hydrogen-bond acceptors (Lipinski definition) is 3. The van der Waals surface area contributed by atoms with E-state index in [1.807, 2.05) is 4.90 Å². The molecule has 92 valence electrons. The summed E-state index contributed by atoms with van der Waals surface area (Å²) in [6, 6.07) is 0.548. The molecule has 2 fully saturated rings. The van der Waals surface area contributed by atoms with Crippen molar-refractivity contribution in [2.45, 2.75) is 44.8 Å². The molecule has 0 spiro atoms. The molecule has 2 atom stereocenters. The van der Waals surface area contributed by atoms with Crippen molar-refractivity contribution in [3.05, 3.63) is 0 Å². The lowest BCUT2D eigenvalue weighted by molar-refractivity contribution is -0.138. The summed E-state index contributed by atoms with van der Waals surface area (Å²) in [7, 11) is 0. The number of carbonyl (C=O) groups excluding carboxylic acids is 1. The van der Waals surface area contributed by atoms with E-state index < -0.39 is 0 Å². The number of nitrogens with zero attached hydrogens (tertiary/aromatic N) is 1. The van der Waals surface area contributed by atoms with Crippen LogP contribution < -0.4 is 5.32 Å². The second-order valence-corrected chi connectivity index (χ2v) is 5.14. The van der Waals surface area contributed by atoms with Gasteiger partial charge in [-0.3, -0.25) is 4.79 Å². The Bertz CT molecular complexity index is 217. The molecule has 2 saturated heterocycles. The predicted molar refractivity (Wildman–Crippen MR) is 62.0 cm³/mol. The molecule has 0 aliphatic carbocycles. The third-order valence-electron chi connectivity index (χ3n) is 3.79. The number of aliphatic hydroxyl groups is 1. The van der Waals surface area contributed by atoms with Gasteiger partial charge in [0.05, 0.1) is 12.0 Å². The van der Waals surface area contributed by atoms with Crippen LogP contribution in [-0.2, 0) is 4.79 Å². The summed E-state index contributed by atoms with van der Waals surface area (Å²) >= 11 is 0. The Balaban J connectivity index is 1.83. The lowest BCUT2D eigenvalue weighted by Gasteiger charge is -2.35. The Morgan fingerprint density at radius 1 is 1.25 bits per heavy atom. The smallest absolute Gasteiger partial charge is 0.226 e. The van der Waals surface area contributed by atoms with Crippen LogP contribution in [0.4, 0.5) is 0 Å². The second-order valence-electron chi connectivity index (χ2n) is 5.14. The van der Waals surface area contributed by atoms with Gasteiger partial charge in [0.2, 0.25) is 5.91 Å². The Labute approximate surface area is 97.0 Å². The molecule has 0 aromatic rings. The van der Waals surface area contributed by atoms with Gasteiger partial charge in [-0.25, -0.2) is 0 Å². The number of rotatable bonds is 1. The van der Waals surface area contributed by atoms with E-state index in [2.05, 4.69) is 12.2 Å². The first-order chi connectivity index (χ1) is 7.66. The Morgan fingerprint density at radius 2 is 1.94 bits per heavy atom. The highest BCUT2D eigenvalue weighted by Gasteiger charge is 2.29. The predicted octanol–water partition coefficient (Wildman–Crippen LogP) is 0.358. The van der Waals surface area contributed by atoms with Gasteiger partial charge >= 0.3 is 0 Å². The number of nitrogens with one attached hydrogen (secondary N) is 1.